The van der Waals surface area contributed by atoms with Crippen molar-refractivity contribution in [2.45, 2.75) is 53.4 Å². The van der Waals surface area contributed by atoms with Crippen molar-refractivity contribution in [2.24, 2.45) is 5.92 Å². The van der Waals surface area contributed by atoms with Crippen LogP contribution < -0.4 is 5.32 Å². The molecule has 1 aromatic carbocycles. The number of aryl methyl sites for hydroxylation is 1. The molecule has 0 spiro atoms. The summed E-state index contributed by atoms with van der Waals surface area (Å²) < 4.78 is 0. The number of nitrogens with zero attached hydrogens (tertiary/aromatic N) is 3. The molecule has 0 aliphatic rings. The lowest BCUT2D eigenvalue weighted by Crippen LogP contribution is -2.07. The van der Waals surface area contributed by atoms with Gasteiger partial charge >= 0.3 is 0 Å². The average Bonchev–Trinajstić information content (AvgIpc) is 2.65. The Labute approximate surface area is 166 Å². The minimum Gasteiger partial charge on any atom is -0.311 e. The van der Waals surface area contributed by atoms with Gasteiger partial charge in [0.15, 0.2) is 0 Å². The highest BCUT2D eigenvalue weighted by Gasteiger charge is 2.15. The number of hydrogen-bond donors (Lipinski definition) is 1. The Hall–Kier alpha value is -2.82. The predicted octanol–water partition coefficient (Wildman–Crippen LogP) is 5.36. The van der Waals surface area contributed by atoms with E-state index in [0.29, 0.717) is 17.7 Å². The van der Waals surface area contributed by atoms with Gasteiger partial charge in [0.2, 0.25) is 5.91 Å². The fraction of sp³-hybridized carbons (Fsp3) is 0.391. The van der Waals surface area contributed by atoms with Crippen LogP contribution in [0.4, 0.5) is 5.82 Å². The molecule has 0 aliphatic carbocycles. The summed E-state index contributed by atoms with van der Waals surface area (Å²) in [5.74, 6) is 2.31. The Morgan fingerprint density at radius 2 is 1.82 bits per heavy atom. The third kappa shape index (κ3) is 4.53. The van der Waals surface area contributed by atoms with Gasteiger partial charge < -0.3 is 5.32 Å². The number of nitrogens with one attached hydrogen (secondary N) is 1. The molecule has 28 heavy (non-hydrogen) atoms. The number of carbonyl (C=O) groups excluding carboxylic acids is 1. The molecule has 146 valence electrons. The third-order valence-corrected chi connectivity index (χ3v) is 4.79. The van der Waals surface area contributed by atoms with Crippen molar-refractivity contribution in [3.05, 3.63) is 48.0 Å². The minimum absolute atomic E-state index is 0.132. The quantitative estimate of drug-likeness (QED) is 0.628. The summed E-state index contributed by atoms with van der Waals surface area (Å²) in [6.45, 7) is 10.3. The predicted molar refractivity (Wildman–Crippen MR) is 114 cm³/mol. The van der Waals surface area contributed by atoms with Gasteiger partial charge in [-0.15, -0.1) is 0 Å². The van der Waals surface area contributed by atoms with Crippen LogP contribution in [-0.4, -0.2) is 20.9 Å². The smallest absolute Gasteiger partial charge is 0.222 e. The molecule has 2 aromatic heterocycles. The fourth-order valence-electron chi connectivity index (χ4n) is 3.55. The Bertz CT molecular complexity index is 997. The highest BCUT2D eigenvalue weighted by molar-refractivity contribution is 5.89. The standard InChI is InChI=1S/C23H28N4O/c1-6-20-19-12-17(18-9-10-24-22(13-18)25-16(5)28)7-8-21(19)27-23(26-20)15(4)11-14(2)3/h7-10,12-15H,6,11H2,1-5H3,(H,24,25,28). The number of aromatic nitrogens is 3. The van der Waals surface area contributed by atoms with E-state index in [1.165, 1.54) is 6.92 Å². The Balaban J connectivity index is 2.03. The van der Waals surface area contributed by atoms with Gasteiger partial charge in [0, 0.05) is 24.4 Å². The van der Waals surface area contributed by atoms with Crippen LogP contribution >= 0.6 is 0 Å². The van der Waals surface area contributed by atoms with E-state index >= 15 is 0 Å². The van der Waals surface area contributed by atoms with Gasteiger partial charge in [-0.1, -0.05) is 33.8 Å². The normalized spacial score (nSPS) is 12.4. The van der Waals surface area contributed by atoms with E-state index in [1.807, 2.05) is 12.1 Å². The summed E-state index contributed by atoms with van der Waals surface area (Å²) in [5, 5.41) is 3.82. The van der Waals surface area contributed by atoms with Crippen molar-refractivity contribution in [3.8, 4) is 11.1 Å². The molecule has 1 amide bonds. The van der Waals surface area contributed by atoms with E-state index in [1.54, 1.807) is 6.20 Å². The molecule has 1 atom stereocenters. The van der Waals surface area contributed by atoms with Gasteiger partial charge in [-0.3, -0.25) is 4.79 Å². The largest absolute Gasteiger partial charge is 0.311 e. The van der Waals surface area contributed by atoms with E-state index < -0.39 is 0 Å². The number of carbonyl (C=O) groups is 1. The molecular weight excluding hydrogens is 348 g/mol. The summed E-state index contributed by atoms with van der Waals surface area (Å²) in [5.41, 5.74) is 4.12. The van der Waals surface area contributed by atoms with Crippen molar-refractivity contribution in [1.82, 2.24) is 15.0 Å². The molecule has 1 N–H and O–H groups in total. The number of benzene rings is 1. The molecule has 0 bridgehead atoms. The second-order valence-corrected chi connectivity index (χ2v) is 7.76. The minimum atomic E-state index is -0.132. The molecule has 0 fully saturated rings. The molecule has 2 heterocycles. The summed E-state index contributed by atoms with van der Waals surface area (Å²) in [4.78, 5) is 25.2. The molecule has 0 radical (unpaired) electrons. The lowest BCUT2D eigenvalue weighted by molar-refractivity contribution is -0.114. The van der Waals surface area contributed by atoms with Crippen molar-refractivity contribution < 1.29 is 4.79 Å². The zero-order valence-electron chi connectivity index (χ0n) is 17.3. The fourth-order valence-corrected chi connectivity index (χ4v) is 3.55. The molecule has 1 unspecified atom stereocenters. The monoisotopic (exact) mass is 376 g/mol. The van der Waals surface area contributed by atoms with Crippen LogP contribution in [0.2, 0.25) is 0 Å². The molecule has 0 aliphatic heterocycles. The maximum absolute atomic E-state index is 11.3. The molecule has 3 aromatic rings. The highest BCUT2D eigenvalue weighted by Crippen LogP contribution is 2.29. The van der Waals surface area contributed by atoms with E-state index in [0.717, 1.165) is 46.4 Å². The van der Waals surface area contributed by atoms with Crippen LogP contribution in [0.25, 0.3) is 22.0 Å². The van der Waals surface area contributed by atoms with Crippen LogP contribution in [0.15, 0.2) is 36.5 Å². The summed E-state index contributed by atoms with van der Waals surface area (Å²) in [6.07, 6.45) is 3.64. The van der Waals surface area contributed by atoms with Gasteiger partial charge in [0.25, 0.3) is 0 Å². The van der Waals surface area contributed by atoms with Gasteiger partial charge in [-0.05, 0) is 54.2 Å². The van der Waals surface area contributed by atoms with Gasteiger partial charge in [0.1, 0.15) is 11.6 Å². The number of rotatable bonds is 6. The second-order valence-electron chi connectivity index (χ2n) is 7.76. The van der Waals surface area contributed by atoms with Gasteiger partial charge in [-0.2, -0.15) is 0 Å². The Morgan fingerprint density at radius 1 is 1.07 bits per heavy atom. The lowest BCUT2D eigenvalue weighted by Gasteiger charge is -2.15. The molecule has 0 saturated heterocycles. The SMILES string of the molecule is CCc1nc(C(C)CC(C)C)nc2ccc(-c3ccnc(NC(C)=O)c3)cc12. The zero-order chi connectivity index (χ0) is 20.3. The number of pyridine rings is 1. The van der Waals surface area contributed by atoms with E-state index in [9.17, 15) is 4.79 Å². The van der Waals surface area contributed by atoms with Crippen LogP contribution in [0, 0.1) is 5.92 Å². The summed E-state index contributed by atoms with van der Waals surface area (Å²) >= 11 is 0. The van der Waals surface area contributed by atoms with Crippen LogP contribution in [0.5, 0.6) is 0 Å². The lowest BCUT2D eigenvalue weighted by atomic mass is 9.97. The van der Waals surface area contributed by atoms with Crippen molar-refractivity contribution >= 4 is 22.6 Å². The topological polar surface area (TPSA) is 67.8 Å². The average molecular weight is 377 g/mol. The van der Waals surface area contributed by atoms with E-state index in [-0.39, 0.29) is 5.91 Å². The maximum Gasteiger partial charge on any atom is 0.222 e. The van der Waals surface area contributed by atoms with Gasteiger partial charge in [0.05, 0.1) is 11.2 Å². The van der Waals surface area contributed by atoms with E-state index in [2.05, 4.69) is 56.2 Å². The Morgan fingerprint density at radius 3 is 2.50 bits per heavy atom. The van der Waals surface area contributed by atoms with Gasteiger partial charge in [-0.25, -0.2) is 15.0 Å². The zero-order valence-corrected chi connectivity index (χ0v) is 17.3. The first-order chi connectivity index (χ1) is 13.4. The first kappa shape index (κ1) is 19.9. The molecule has 5 nitrogen and oxygen atoms in total. The first-order valence-electron chi connectivity index (χ1n) is 9.92. The Kier molecular flexibility index (Phi) is 6.02. The van der Waals surface area contributed by atoms with Crippen LogP contribution in [0.1, 0.15) is 58.5 Å². The van der Waals surface area contributed by atoms with Crippen molar-refractivity contribution in [1.29, 1.82) is 0 Å². The number of amides is 1. The summed E-state index contributed by atoms with van der Waals surface area (Å²) in [6, 6.07) is 10.1. The molecule has 3 rings (SSSR count). The van der Waals surface area contributed by atoms with E-state index in [4.69, 9.17) is 9.97 Å². The van der Waals surface area contributed by atoms with Crippen LogP contribution in [0.3, 0.4) is 0 Å². The summed E-state index contributed by atoms with van der Waals surface area (Å²) in [7, 11) is 0. The van der Waals surface area contributed by atoms with Crippen molar-refractivity contribution in [2.75, 3.05) is 5.32 Å². The number of fused-ring (bicyclic) bond motifs is 1. The first-order valence-corrected chi connectivity index (χ1v) is 9.92. The molecule has 5 heteroatoms. The number of hydrogen-bond acceptors (Lipinski definition) is 4. The second kappa shape index (κ2) is 8.46. The highest BCUT2D eigenvalue weighted by atomic mass is 16.1. The van der Waals surface area contributed by atoms with Crippen LogP contribution in [-0.2, 0) is 11.2 Å². The molecular formula is C23H28N4O. The maximum atomic E-state index is 11.3. The van der Waals surface area contributed by atoms with Crippen molar-refractivity contribution in [3.63, 3.8) is 0 Å². The molecule has 0 saturated carbocycles. The number of anilines is 1. The third-order valence-electron chi connectivity index (χ3n) is 4.79.